The van der Waals surface area contributed by atoms with Gasteiger partial charge in [0.15, 0.2) is 0 Å². The summed E-state index contributed by atoms with van der Waals surface area (Å²) in [5, 5.41) is 0.662. The quantitative estimate of drug-likeness (QED) is 0.906. The molecule has 0 aliphatic carbocycles. The Kier molecular flexibility index (Phi) is 5.70. The third-order valence-electron chi connectivity index (χ3n) is 4.33. The lowest BCUT2D eigenvalue weighted by Crippen LogP contribution is -2.41. The molecule has 112 valence electrons. The zero-order chi connectivity index (χ0) is 14.5. The van der Waals surface area contributed by atoms with Gasteiger partial charge in [0.2, 0.25) is 0 Å². The maximum Gasteiger partial charge on any atom is 0.137 e. The number of likely N-dealkylation sites (tertiary alicyclic amines) is 1. The van der Waals surface area contributed by atoms with E-state index in [0.717, 1.165) is 12.3 Å². The van der Waals surface area contributed by atoms with Crippen molar-refractivity contribution >= 4 is 11.6 Å². The van der Waals surface area contributed by atoms with Gasteiger partial charge in [-0.05, 0) is 44.0 Å². The van der Waals surface area contributed by atoms with Crippen LogP contribution in [0.4, 0.5) is 0 Å². The Balaban J connectivity index is 2.09. The highest BCUT2D eigenvalue weighted by Crippen LogP contribution is 2.29. The highest BCUT2D eigenvalue weighted by atomic mass is 35.5. The minimum atomic E-state index is 0.332. The zero-order valence-corrected chi connectivity index (χ0v) is 13.2. The van der Waals surface area contributed by atoms with Crippen molar-refractivity contribution in [3.05, 3.63) is 28.8 Å². The number of ether oxygens (including phenoxy) is 1. The van der Waals surface area contributed by atoms with E-state index in [1.54, 1.807) is 7.11 Å². The molecule has 0 radical (unpaired) electrons. The molecular weight excluding hydrogens is 272 g/mol. The number of nitrogens with zero attached hydrogens (tertiary/aromatic N) is 1. The number of hydrogen-bond acceptors (Lipinski definition) is 3. The number of nitrogens with two attached hydrogens (primary N) is 1. The molecule has 1 saturated heterocycles. The highest BCUT2D eigenvalue weighted by Gasteiger charge is 2.22. The second-order valence-corrected chi connectivity index (χ2v) is 6.07. The van der Waals surface area contributed by atoms with Crippen molar-refractivity contribution in [3.63, 3.8) is 0 Å². The Labute approximate surface area is 127 Å². The fourth-order valence-electron chi connectivity index (χ4n) is 2.96. The summed E-state index contributed by atoms with van der Waals surface area (Å²) in [7, 11) is 1.64. The van der Waals surface area contributed by atoms with Gasteiger partial charge >= 0.3 is 0 Å². The molecule has 2 atom stereocenters. The summed E-state index contributed by atoms with van der Waals surface area (Å²) in [6.07, 6.45) is 3.94. The summed E-state index contributed by atoms with van der Waals surface area (Å²) in [6.45, 7) is 5.15. The van der Waals surface area contributed by atoms with Crippen LogP contribution in [0, 0.1) is 0 Å². The fourth-order valence-corrected chi connectivity index (χ4v) is 3.23. The summed E-state index contributed by atoms with van der Waals surface area (Å²) in [5.41, 5.74) is 7.19. The third kappa shape index (κ3) is 3.66. The number of piperidine rings is 1. The molecule has 0 amide bonds. The van der Waals surface area contributed by atoms with E-state index in [1.165, 1.54) is 31.4 Å². The molecule has 20 heavy (non-hydrogen) atoms. The standard InChI is InChI=1S/C16H25ClN2O/c1-12-5-3-4-8-19(12)11-14(10-18)13-6-7-16(20-2)15(17)9-13/h6-7,9,12,14H,3-5,8,10-11,18H2,1-2H3. The predicted molar refractivity (Wildman–Crippen MR) is 84.7 cm³/mol. The molecule has 0 bridgehead atoms. The molecule has 2 unspecified atom stereocenters. The van der Waals surface area contributed by atoms with E-state index in [2.05, 4.69) is 17.9 Å². The SMILES string of the molecule is COc1ccc(C(CN)CN2CCCCC2C)cc1Cl. The van der Waals surface area contributed by atoms with Crippen molar-refractivity contribution in [1.29, 1.82) is 0 Å². The van der Waals surface area contributed by atoms with Crippen LogP contribution in [0.25, 0.3) is 0 Å². The monoisotopic (exact) mass is 296 g/mol. The predicted octanol–water partition coefficient (Wildman–Crippen LogP) is 3.27. The highest BCUT2D eigenvalue weighted by molar-refractivity contribution is 6.32. The van der Waals surface area contributed by atoms with Crippen LogP contribution in [0.15, 0.2) is 18.2 Å². The minimum absolute atomic E-state index is 0.332. The molecule has 1 heterocycles. The number of methoxy groups -OCH3 is 1. The van der Waals surface area contributed by atoms with Crippen LogP contribution >= 0.6 is 11.6 Å². The van der Waals surface area contributed by atoms with Crippen molar-refractivity contribution in [2.24, 2.45) is 5.73 Å². The molecule has 1 aromatic rings. The first-order valence-electron chi connectivity index (χ1n) is 7.43. The molecule has 2 rings (SSSR count). The Morgan fingerprint density at radius 3 is 2.85 bits per heavy atom. The van der Waals surface area contributed by atoms with E-state index in [4.69, 9.17) is 22.1 Å². The third-order valence-corrected chi connectivity index (χ3v) is 4.62. The molecule has 1 aliphatic rings. The lowest BCUT2D eigenvalue weighted by Gasteiger charge is -2.36. The summed E-state index contributed by atoms with van der Waals surface area (Å²) in [6, 6.07) is 6.66. The fraction of sp³-hybridized carbons (Fsp3) is 0.625. The van der Waals surface area contributed by atoms with Crippen LogP contribution in [0.3, 0.4) is 0 Å². The Morgan fingerprint density at radius 2 is 2.25 bits per heavy atom. The molecular formula is C16H25ClN2O. The first kappa shape index (κ1) is 15.6. The number of rotatable bonds is 5. The van der Waals surface area contributed by atoms with Crippen molar-refractivity contribution in [3.8, 4) is 5.75 Å². The molecule has 0 aromatic heterocycles. The molecule has 0 saturated carbocycles. The normalized spacial score (nSPS) is 21.7. The van der Waals surface area contributed by atoms with Crippen molar-refractivity contribution in [1.82, 2.24) is 4.90 Å². The molecule has 1 aliphatic heterocycles. The maximum atomic E-state index is 6.22. The van der Waals surface area contributed by atoms with E-state index in [9.17, 15) is 0 Å². The second kappa shape index (κ2) is 7.30. The van der Waals surface area contributed by atoms with Crippen molar-refractivity contribution in [2.75, 3.05) is 26.7 Å². The van der Waals surface area contributed by atoms with E-state index in [0.29, 0.717) is 23.5 Å². The molecule has 4 heteroatoms. The molecule has 1 aromatic carbocycles. The van der Waals surface area contributed by atoms with Crippen LogP contribution in [0.2, 0.25) is 5.02 Å². The number of halogens is 1. The lowest BCUT2D eigenvalue weighted by atomic mass is 9.95. The van der Waals surface area contributed by atoms with Gasteiger partial charge in [-0.3, -0.25) is 0 Å². The van der Waals surface area contributed by atoms with Gasteiger partial charge in [0.05, 0.1) is 12.1 Å². The Morgan fingerprint density at radius 1 is 1.45 bits per heavy atom. The Hall–Kier alpha value is -0.770. The van der Waals surface area contributed by atoms with Gasteiger partial charge in [-0.2, -0.15) is 0 Å². The number of benzene rings is 1. The average molecular weight is 297 g/mol. The van der Waals surface area contributed by atoms with Gasteiger partial charge in [-0.1, -0.05) is 24.1 Å². The summed E-state index contributed by atoms with van der Waals surface area (Å²) >= 11 is 6.22. The smallest absolute Gasteiger partial charge is 0.137 e. The molecule has 3 nitrogen and oxygen atoms in total. The van der Waals surface area contributed by atoms with Crippen LogP contribution in [-0.4, -0.2) is 37.7 Å². The van der Waals surface area contributed by atoms with Crippen LogP contribution in [-0.2, 0) is 0 Å². The first-order chi connectivity index (χ1) is 9.65. The first-order valence-corrected chi connectivity index (χ1v) is 7.81. The van der Waals surface area contributed by atoms with Gasteiger partial charge in [-0.25, -0.2) is 0 Å². The maximum absolute atomic E-state index is 6.22. The van der Waals surface area contributed by atoms with Crippen LogP contribution in [0.1, 0.15) is 37.7 Å². The van der Waals surface area contributed by atoms with E-state index in [-0.39, 0.29) is 0 Å². The van der Waals surface area contributed by atoms with Gasteiger partial charge < -0.3 is 15.4 Å². The Bertz CT molecular complexity index is 438. The van der Waals surface area contributed by atoms with Gasteiger partial charge in [0.25, 0.3) is 0 Å². The largest absolute Gasteiger partial charge is 0.495 e. The van der Waals surface area contributed by atoms with Crippen LogP contribution < -0.4 is 10.5 Å². The van der Waals surface area contributed by atoms with Crippen molar-refractivity contribution < 1.29 is 4.74 Å². The zero-order valence-electron chi connectivity index (χ0n) is 12.4. The van der Waals surface area contributed by atoms with E-state index < -0.39 is 0 Å². The summed E-state index contributed by atoms with van der Waals surface area (Å²) in [4.78, 5) is 2.55. The van der Waals surface area contributed by atoms with E-state index >= 15 is 0 Å². The number of hydrogen-bond donors (Lipinski definition) is 1. The molecule has 1 fully saturated rings. The topological polar surface area (TPSA) is 38.5 Å². The lowest BCUT2D eigenvalue weighted by molar-refractivity contribution is 0.152. The average Bonchev–Trinajstić information content (AvgIpc) is 2.46. The van der Waals surface area contributed by atoms with Gasteiger partial charge in [-0.15, -0.1) is 0 Å². The van der Waals surface area contributed by atoms with E-state index in [1.807, 2.05) is 12.1 Å². The summed E-state index contributed by atoms with van der Waals surface area (Å²) < 4.78 is 5.21. The van der Waals surface area contributed by atoms with Gasteiger partial charge in [0.1, 0.15) is 5.75 Å². The molecule has 0 spiro atoms. The minimum Gasteiger partial charge on any atom is -0.495 e. The van der Waals surface area contributed by atoms with Gasteiger partial charge in [0, 0.05) is 25.0 Å². The summed E-state index contributed by atoms with van der Waals surface area (Å²) in [5.74, 6) is 1.05. The molecule has 2 N–H and O–H groups in total. The van der Waals surface area contributed by atoms with Crippen LogP contribution in [0.5, 0.6) is 5.75 Å². The van der Waals surface area contributed by atoms with Crippen molar-refractivity contribution in [2.45, 2.75) is 38.1 Å². The second-order valence-electron chi connectivity index (χ2n) is 5.67.